The molecule has 6 heteroatoms. The Morgan fingerprint density at radius 2 is 1.92 bits per heavy atom. The van der Waals surface area contributed by atoms with Gasteiger partial charge in [-0.15, -0.1) is 0 Å². The van der Waals surface area contributed by atoms with Gasteiger partial charge in [-0.25, -0.2) is 18.7 Å². The van der Waals surface area contributed by atoms with Gasteiger partial charge >= 0.3 is 0 Å². The molecule has 0 fully saturated rings. The number of nitrogens with zero attached hydrogens (tertiary/aromatic N) is 3. The Balaban J connectivity index is 1.68. The lowest BCUT2D eigenvalue weighted by Gasteiger charge is -2.11. The molecule has 0 spiro atoms. The molecule has 4 nitrogen and oxygen atoms in total. The lowest BCUT2D eigenvalue weighted by molar-refractivity contribution is 0.509. The summed E-state index contributed by atoms with van der Waals surface area (Å²) in [6, 6.07) is 9.61. The summed E-state index contributed by atoms with van der Waals surface area (Å²) in [5.74, 6) is -0.873. The summed E-state index contributed by atoms with van der Waals surface area (Å²) >= 11 is 0. The van der Waals surface area contributed by atoms with Crippen molar-refractivity contribution in [2.45, 2.75) is 13.5 Å². The van der Waals surface area contributed by atoms with Crippen LogP contribution in [0.3, 0.4) is 0 Å². The molecule has 0 unspecified atom stereocenters. The SMILES string of the molecule is Cc1cnc(-c2ccc(F)c(F)c2)nc1Nc1ccc2c(c1)C=NC2. The average molecular weight is 336 g/mol. The molecule has 124 valence electrons. The van der Waals surface area contributed by atoms with Crippen LogP contribution in [-0.2, 0) is 6.54 Å². The van der Waals surface area contributed by atoms with Crippen molar-refractivity contribution in [2.75, 3.05) is 5.32 Å². The summed E-state index contributed by atoms with van der Waals surface area (Å²) in [6.07, 6.45) is 3.50. The number of aliphatic imine (C=N–C) groups is 1. The van der Waals surface area contributed by atoms with Crippen molar-refractivity contribution >= 4 is 17.7 Å². The Hall–Kier alpha value is -3.15. The van der Waals surface area contributed by atoms with E-state index in [-0.39, 0.29) is 0 Å². The standard InChI is InChI=1S/C19H14F2N4/c1-11-8-23-19(12-3-5-16(20)17(21)7-12)25-18(11)24-15-4-2-13-9-22-10-14(13)6-15/h2-8,10H,9H2,1H3,(H,23,24,25). The van der Waals surface area contributed by atoms with Crippen LogP contribution in [0.4, 0.5) is 20.3 Å². The maximum Gasteiger partial charge on any atom is 0.161 e. The lowest BCUT2D eigenvalue weighted by Crippen LogP contribution is -2.01. The number of nitrogens with one attached hydrogen (secondary N) is 1. The van der Waals surface area contributed by atoms with Gasteiger partial charge in [-0.05, 0) is 48.4 Å². The number of rotatable bonds is 3. The van der Waals surface area contributed by atoms with Gasteiger partial charge in [0.2, 0.25) is 0 Å². The van der Waals surface area contributed by atoms with E-state index in [4.69, 9.17) is 0 Å². The molecule has 2 heterocycles. The van der Waals surface area contributed by atoms with Crippen LogP contribution < -0.4 is 5.32 Å². The van der Waals surface area contributed by atoms with E-state index in [1.165, 1.54) is 11.6 Å². The number of hydrogen-bond donors (Lipinski definition) is 1. The quantitative estimate of drug-likeness (QED) is 0.771. The Morgan fingerprint density at radius 1 is 1.04 bits per heavy atom. The number of aromatic nitrogens is 2. The van der Waals surface area contributed by atoms with Crippen molar-refractivity contribution in [2.24, 2.45) is 4.99 Å². The number of fused-ring (bicyclic) bond motifs is 1. The van der Waals surface area contributed by atoms with Gasteiger partial charge in [0.15, 0.2) is 17.5 Å². The van der Waals surface area contributed by atoms with Crippen LogP contribution >= 0.6 is 0 Å². The molecule has 2 aromatic carbocycles. The molecule has 0 atom stereocenters. The molecule has 1 aliphatic rings. The molecular formula is C19H14F2N4. The molecular weight excluding hydrogens is 322 g/mol. The van der Waals surface area contributed by atoms with E-state index in [0.717, 1.165) is 28.9 Å². The predicted octanol–water partition coefficient (Wildman–Crippen LogP) is 4.41. The zero-order valence-corrected chi connectivity index (χ0v) is 13.4. The van der Waals surface area contributed by atoms with E-state index < -0.39 is 11.6 Å². The molecule has 1 aliphatic heterocycles. The molecule has 1 N–H and O–H groups in total. The number of halogens is 2. The fourth-order valence-corrected chi connectivity index (χ4v) is 2.66. The number of benzene rings is 2. The molecule has 0 bridgehead atoms. The first kappa shape index (κ1) is 15.4. The Kier molecular flexibility index (Phi) is 3.72. The van der Waals surface area contributed by atoms with E-state index in [1.54, 1.807) is 6.20 Å². The second kappa shape index (κ2) is 6.05. The van der Waals surface area contributed by atoms with E-state index in [9.17, 15) is 8.78 Å². The van der Waals surface area contributed by atoms with Crippen LogP contribution in [0.1, 0.15) is 16.7 Å². The minimum Gasteiger partial charge on any atom is -0.340 e. The van der Waals surface area contributed by atoms with E-state index in [0.29, 0.717) is 23.8 Å². The van der Waals surface area contributed by atoms with Gasteiger partial charge in [0.1, 0.15) is 5.82 Å². The predicted molar refractivity (Wildman–Crippen MR) is 93.1 cm³/mol. The van der Waals surface area contributed by atoms with Gasteiger partial charge in [0.05, 0.1) is 6.54 Å². The molecule has 0 aliphatic carbocycles. The van der Waals surface area contributed by atoms with Crippen molar-refractivity contribution in [3.8, 4) is 11.4 Å². The molecule has 3 aromatic rings. The van der Waals surface area contributed by atoms with E-state index in [2.05, 4.69) is 20.3 Å². The zero-order chi connectivity index (χ0) is 17.4. The van der Waals surface area contributed by atoms with Gasteiger partial charge in [0, 0.05) is 29.2 Å². The second-order valence-electron chi connectivity index (χ2n) is 5.86. The summed E-state index contributed by atoms with van der Waals surface area (Å²) in [5, 5.41) is 3.26. The monoisotopic (exact) mass is 336 g/mol. The van der Waals surface area contributed by atoms with Crippen LogP contribution in [0.25, 0.3) is 11.4 Å². The molecule has 25 heavy (non-hydrogen) atoms. The van der Waals surface area contributed by atoms with Crippen LogP contribution in [0.5, 0.6) is 0 Å². The topological polar surface area (TPSA) is 50.2 Å². The smallest absolute Gasteiger partial charge is 0.161 e. The average Bonchev–Trinajstić information content (AvgIpc) is 3.07. The summed E-state index contributed by atoms with van der Waals surface area (Å²) < 4.78 is 26.6. The second-order valence-corrected chi connectivity index (χ2v) is 5.86. The Morgan fingerprint density at radius 3 is 2.76 bits per heavy atom. The summed E-state index contributed by atoms with van der Waals surface area (Å²) in [7, 11) is 0. The third kappa shape index (κ3) is 2.98. The van der Waals surface area contributed by atoms with Gasteiger partial charge in [-0.2, -0.15) is 0 Å². The van der Waals surface area contributed by atoms with Gasteiger partial charge in [-0.1, -0.05) is 6.07 Å². The Bertz CT molecular complexity index is 999. The number of aryl methyl sites for hydroxylation is 1. The molecule has 0 saturated heterocycles. The largest absolute Gasteiger partial charge is 0.340 e. The normalized spacial score (nSPS) is 12.3. The number of anilines is 2. The zero-order valence-electron chi connectivity index (χ0n) is 13.4. The van der Waals surface area contributed by atoms with Crippen molar-refractivity contribution in [1.29, 1.82) is 0 Å². The highest BCUT2D eigenvalue weighted by Gasteiger charge is 2.11. The first-order valence-electron chi connectivity index (χ1n) is 7.79. The highest BCUT2D eigenvalue weighted by molar-refractivity contribution is 5.86. The lowest BCUT2D eigenvalue weighted by atomic mass is 10.1. The van der Waals surface area contributed by atoms with Crippen molar-refractivity contribution in [3.63, 3.8) is 0 Å². The summed E-state index contributed by atoms with van der Waals surface area (Å²) in [5.41, 5.74) is 4.42. The molecule has 0 amide bonds. The molecule has 4 rings (SSSR count). The van der Waals surface area contributed by atoms with Gasteiger partial charge in [-0.3, -0.25) is 4.99 Å². The van der Waals surface area contributed by atoms with Crippen LogP contribution in [-0.4, -0.2) is 16.2 Å². The number of hydrogen-bond acceptors (Lipinski definition) is 4. The molecule has 1 aromatic heterocycles. The molecule has 0 radical (unpaired) electrons. The highest BCUT2D eigenvalue weighted by atomic mass is 19.2. The third-order valence-electron chi connectivity index (χ3n) is 4.05. The van der Waals surface area contributed by atoms with Crippen LogP contribution in [0.2, 0.25) is 0 Å². The van der Waals surface area contributed by atoms with Crippen LogP contribution in [0, 0.1) is 18.6 Å². The maximum atomic E-state index is 13.5. The fourth-order valence-electron chi connectivity index (χ4n) is 2.66. The van der Waals surface area contributed by atoms with E-state index >= 15 is 0 Å². The summed E-state index contributed by atoms with van der Waals surface area (Å²) in [4.78, 5) is 12.9. The van der Waals surface area contributed by atoms with Crippen molar-refractivity contribution in [1.82, 2.24) is 9.97 Å². The fraction of sp³-hybridized carbons (Fsp3) is 0.105. The minimum absolute atomic E-state index is 0.328. The first-order chi connectivity index (χ1) is 12.1. The van der Waals surface area contributed by atoms with E-state index in [1.807, 2.05) is 31.3 Å². The third-order valence-corrected chi connectivity index (χ3v) is 4.05. The Labute approximate surface area is 143 Å². The molecule has 0 saturated carbocycles. The highest BCUT2D eigenvalue weighted by Crippen LogP contribution is 2.25. The maximum absolute atomic E-state index is 13.5. The van der Waals surface area contributed by atoms with Crippen LogP contribution in [0.15, 0.2) is 47.6 Å². The first-order valence-corrected chi connectivity index (χ1v) is 7.79. The van der Waals surface area contributed by atoms with Crippen molar-refractivity contribution < 1.29 is 8.78 Å². The van der Waals surface area contributed by atoms with Gasteiger partial charge in [0.25, 0.3) is 0 Å². The summed E-state index contributed by atoms with van der Waals surface area (Å²) in [6.45, 7) is 2.59. The van der Waals surface area contributed by atoms with Gasteiger partial charge < -0.3 is 5.32 Å². The van der Waals surface area contributed by atoms with Crippen molar-refractivity contribution in [3.05, 3.63) is 70.9 Å². The minimum atomic E-state index is -0.922.